The highest BCUT2D eigenvalue weighted by Crippen LogP contribution is 2.19. The molecule has 0 unspecified atom stereocenters. The lowest BCUT2D eigenvalue weighted by Crippen LogP contribution is -2.46. The van der Waals surface area contributed by atoms with Crippen LogP contribution >= 0.6 is 0 Å². The van der Waals surface area contributed by atoms with E-state index in [1.165, 1.54) is 15.9 Å². The summed E-state index contributed by atoms with van der Waals surface area (Å²) in [6, 6.07) is 28.4. The van der Waals surface area contributed by atoms with Gasteiger partial charge >= 0.3 is 0 Å². The van der Waals surface area contributed by atoms with Gasteiger partial charge in [-0.1, -0.05) is 90.1 Å². The van der Waals surface area contributed by atoms with Gasteiger partial charge in [-0.25, -0.2) is 4.39 Å². The first kappa shape index (κ1) is 14.7. The molecule has 3 aromatic rings. The van der Waals surface area contributed by atoms with E-state index in [9.17, 15) is 4.39 Å². The van der Waals surface area contributed by atoms with E-state index in [1.54, 1.807) is 12.1 Å². The highest BCUT2D eigenvalue weighted by atomic mass is 28.3. The van der Waals surface area contributed by atoms with E-state index in [0.29, 0.717) is 5.54 Å². The largest absolute Gasteiger partial charge is 0.207 e. The lowest BCUT2D eigenvalue weighted by Gasteiger charge is -2.24. The molecule has 0 amide bonds. The molecule has 1 atom stereocenters. The minimum absolute atomic E-state index is 0.173. The Hall–Kier alpha value is -2.19. The van der Waals surface area contributed by atoms with Gasteiger partial charge in [0.1, 0.15) is 14.6 Å². The molecule has 0 saturated carbocycles. The highest BCUT2D eigenvalue weighted by Gasteiger charge is 2.24. The van der Waals surface area contributed by atoms with Gasteiger partial charge in [0.2, 0.25) is 0 Å². The molecule has 110 valence electrons. The fourth-order valence-corrected chi connectivity index (χ4v) is 6.47. The van der Waals surface area contributed by atoms with Crippen molar-refractivity contribution in [3.05, 3.63) is 96.3 Å². The second-order valence-corrected chi connectivity index (χ2v) is 8.93. The Kier molecular flexibility index (Phi) is 4.49. The molecule has 0 spiro atoms. The van der Waals surface area contributed by atoms with Gasteiger partial charge in [0.25, 0.3) is 0 Å². The van der Waals surface area contributed by atoms with Gasteiger partial charge in [-0.05, 0) is 23.2 Å². The third-order valence-electron chi connectivity index (χ3n) is 4.21. The summed E-state index contributed by atoms with van der Waals surface area (Å²) in [5.41, 5.74) is 1.62. The molecule has 0 aliphatic heterocycles. The molecule has 0 radical (unpaired) electrons. The summed E-state index contributed by atoms with van der Waals surface area (Å²) in [4.78, 5) is 0. The fourth-order valence-electron chi connectivity index (χ4n) is 3.05. The van der Waals surface area contributed by atoms with E-state index in [0.717, 1.165) is 0 Å². The lowest BCUT2D eigenvalue weighted by molar-refractivity contribution is 0.627. The number of rotatable bonds is 4. The summed E-state index contributed by atoms with van der Waals surface area (Å²) in [5.74, 6) is -0.173. The van der Waals surface area contributed by atoms with Crippen molar-refractivity contribution < 1.29 is 4.39 Å². The van der Waals surface area contributed by atoms with E-state index in [4.69, 9.17) is 0 Å². The predicted octanol–water partition coefficient (Wildman–Crippen LogP) is 3.51. The maximum Gasteiger partial charge on any atom is 0.123 e. The van der Waals surface area contributed by atoms with Crippen molar-refractivity contribution in [1.29, 1.82) is 0 Å². The molecule has 0 heterocycles. The third-order valence-corrected chi connectivity index (χ3v) is 7.80. The van der Waals surface area contributed by atoms with Crippen molar-refractivity contribution in [1.82, 2.24) is 0 Å². The molecule has 22 heavy (non-hydrogen) atoms. The van der Waals surface area contributed by atoms with Crippen molar-refractivity contribution in [3.8, 4) is 0 Å². The zero-order valence-corrected chi connectivity index (χ0v) is 13.8. The van der Waals surface area contributed by atoms with Crippen LogP contribution in [0.4, 0.5) is 4.39 Å². The SMILES string of the molecule is C[C@H](c1ccc(F)cc1)[SiH](c1ccccc1)c1ccccc1. The van der Waals surface area contributed by atoms with Crippen LogP contribution in [0.3, 0.4) is 0 Å². The molecule has 0 nitrogen and oxygen atoms in total. The molecule has 2 heteroatoms. The standard InChI is InChI=1S/C20H19FSi/c1-16(17-12-14-18(21)15-13-17)22(19-8-4-2-5-9-19)20-10-6-3-7-11-20/h2-16,22H,1H3/t16-/m1/s1. The van der Waals surface area contributed by atoms with Gasteiger partial charge in [0, 0.05) is 0 Å². The molecule has 0 N–H and O–H groups in total. The van der Waals surface area contributed by atoms with Gasteiger partial charge < -0.3 is 0 Å². The first-order chi connectivity index (χ1) is 10.8. The second-order valence-electron chi connectivity index (χ2n) is 5.64. The van der Waals surface area contributed by atoms with E-state index >= 15 is 0 Å². The smallest absolute Gasteiger partial charge is 0.123 e. The summed E-state index contributed by atoms with van der Waals surface area (Å²) >= 11 is 0. The average molecular weight is 306 g/mol. The van der Waals surface area contributed by atoms with Crippen molar-refractivity contribution in [2.45, 2.75) is 12.5 Å². The monoisotopic (exact) mass is 306 g/mol. The summed E-state index contributed by atoms with van der Waals surface area (Å²) in [5, 5.41) is 2.84. The van der Waals surface area contributed by atoms with Crippen LogP contribution in [0.25, 0.3) is 0 Å². The van der Waals surface area contributed by atoms with Crippen molar-refractivity contribution in [3.63, 3.8) is 0 Å². The first-order valence-electron chi connectivity index (χ1n) is 7.61. The molecule has 0 saturated heterocycles. The van der Waals surface area contributed by atoms with Gasteiger partial charge in [0.15, 0.2) is 0 Å². The number of hydrogen-bond acceptors (Lipinski definition) is 0. The molecule has 3 aromatic carbocycles. The van der Waals surface area contributed by atoms with E-state index in [-0.39, 0.29) is 5.82 Å². The Morgan fingerprint density at radius 3 is 1.59 bits per heavy atom. The van der Waals surface area contributed by atoms with Gasteiger partial charge in [0.05, 0.1) is 0 Å². The van der Waals surface area contributed by atoms with Crippen LogP contribution in [-0.4, -0.2) is 8.80 Å². The Bertz CT molecular complexity index is 668. The fraction of sp³-hybridized carbons (Fsp3) is 0.100. The maximum absolute atomic E-state index is 13.2. The Morgan fingerprint density at radius 2 is 1.14 bits per heavy atom. The molecular weight excluding hydrogens is 287 g/mol. The van der Waals surface area contributed by atoms with Crippen molar-refractivity contribution >= 4 is 19.2 Å². The van der Waals surface area contributed by atoms with Crippen LogP contribution in [0.15, 0.2) is 84.9 Å². The van der Waals surface area contributed by atoms with E-state index in [1.807, 2.05) is 12.1 Å². The Morgan fingerprint density at radius 1 is 0.682 bits per heavy atom. The van der Waals surface area contributed by atoms with Crippen LogP contribution < -0.4 is 10.4 Å². The quantitative estimate of drug-likeness (QED) is 0.647. The van der Waals surface area contributed by atoms with Crippen LogP contribution in [0.1, 0.15) is 18.0 Å². The number of halogens is 1. The summed E-state index contributed by atoms with van der Waals surface area (Å²) < 4.78 is 13.2. The topological polar surface area (TPSA) is 0 Å². The number of hydrogen-bond donors (Lipinski definition) is 0. The Labute approximate surface area is 132 Å². The Balaban J connectivity index is 2.04. The minimum Gasteiger partial charge on any atom is -0.207 e. The normalized spacial score (nSPS) is 12.3. The van der Waals surface area contributed by atoms with Crippen LogP contribution in [0.2, 0.25) is 0 Å². The summed E-state index contributed by atoms with van der Waals surface area (Å²) in [6.45, 7) is 2.27. The molecule has 0 bridgehead atoms. The molecule has 0 aromatic heterocycles. The second kappa shape index (κ2) is 6.71. The summed E-state index contributed by atoms with van der Waals surface area (Å²) in [7, 11) is -1.41. The van der Waals surface area contributed by atoms with Crippen LogP contribution in [0.5, 0.6) is 0 Å². The van der Waals surface area contributed by atoms with Gasteiger partial charge in [-0.3, -0.25) is 0 Å². The molecule has 0 fully saturated rings. The lowest BCUT2D eigenvalue weighted by atomic mass is 10.2. The van der Waals surface area contributed by atoms with Crippen LogP contribution in [0, 0.1) is 5.82 Å². The van der Waals surface area contributed by atoms with E-state index < -0.39 is 8.80 Å². The van der Waals surface area contributed by atoms with Gasteiger partial charge in [-0.15, -0.1) is 0 Å². The zero-order valence-electron chi connectivity index (χ0n) is 12.6. The zero-order chi connectivity index (χ0) is 15.4. The predicted molar refractivity (Wildman–Crippen MR) is 94.1 cm³/mol. The first-order valence-corrected chi connectivity index (χ1v) is 9.43. The third kappa shape index (κ3) is 3.17. The van der Waals surface area contributed by atoms with Crippen LogP contribution in [-0.2, 0) is 0 Å². The minimum atomic E-state index is -1.41. The van der Waals surface area contributed by atoms with Crippen molar-refractivity contribution in [2.75, 3.05) is 0 Å². The molecular formula is C20H19FSi. The molecule has 3 rings (SSSR count). The molecule has 0 aliphatic carbocycles. The number of benzene rings is 3. The van der Waals surface area contributed by atoms with Gasteiger partial charge in [-0.2, -0.15) is 0 Å². The maximum atomic E-state index is 13.2. The summed E-state index contributed by atoms with van der Waals surface area (Å²) in [6.07, 6.45) is 0. The van der Waals surface area contributed by atoms with E-state index in [2.05, 4.69) is 67.6 Å². The highest BCUT2D eigenvalue weighted by molar-refractivity contribution is 6.86. The average Bonchev–Trinajstić information content (AvgIpc) is 2.57. The van der Waals surface area contributed by atoms with Crippen molar-refractivity contribution in [2.24, 2.45) is 0 Å². The molecule has 0 aliphatic rings.